The number of allylic oxidation sites excluding steroid dienone is 2. The fraction of sp³-hybridized carbons (Fsp3) is 0.375. The third-order valence-corrected chi connectivity index (χ3v) is 6.63. The lowest BCUT2D eigenvalue weighted by atomic mass is 9.94. The molecule has 0 unspecified atom stereocenters. The highest BCUT2D eigenvalue weighted by atomic mass is 79.9. The topological polar surface area (TPSA) is 73.4 Å². The molecule has 0 radical (unpaired) electrons. The van der Waals surface area contributed by atoms with Crippen LogP contribution in [0.15, 0.2) is 58.5 Å². The first kappa shape index (κ1) is 23.6. The maximum Gasteiger partial charge on any atom is 0.326 e. The molecule has 2 aliphatic heterocycles. The molecule has 4 rings (SSSR count). The number of fused-ring (bicyclic) bond motifs is 2. The van der Waals surface area contributed by atoms with Crippen LogP contribution >= 0.6 is 27.5 Å². The molecule has 7 nitrogen and oxygen atoms in total. The SMILES string of the molecule is CCCC[C@](C)(CNC(=O)N1C=CC=C2C1=CCN2C)Nc1nc(Cl)nc2cc(Br)ccc12. The largest absolute Gasteiger partial charge is 0.369 e. The minimum atomic E-state index is -0.428. The van der Waals surface area contributed by atoms with Gasteiger partial charge in [-0.15, -0.1) is 0 Å². The van der Waals surface area contributed by atoms with E-state index in [1.54, 1.807) is 11.1 Å². The highest BCUT2D eigenvalue weighted by Crippen LogP contribution is 2.30. The molecule has 0 bridgehead atoms. The predicted octanol–water partition coefficient (Wildman–Crippen LogP) is 5.66. The molecular weight excluding hydrogens is 504 g/mol. The number of nitrogens with zero attached hydrogens (tertiary/aromatic N) is 4. The van der Waals surface area contributed by atoms with Crippen molar-refractivity contribution in [3.63, 3.8) is 0 Å². The number of hydrogen-bond acceptors (Lipinski definition) is 5. The summed E-state index contributed by atoms with van der Waals surface area (Å²) in [5.41, 5.74) is 2.29. The van der Waals surface area contributed by atoms with Gasteiger partial charge in [-0.25, -0.2) is 14.8 Å². The number of carbonyl (C=O) groups is 1. The van der Waals surface area contributed by atoms with E-state index in [9.17, 15) is 4.79 Å². The number of anilines is 1. The lowest BCUT2D eigenvalue weighted by Crippen LogP contribution is -2.49. The smallest absolute Gasteiger partial charge is 0.326 e. The quantitative estimate of drug-likeness (QED) is 0.451. The highest BCUT2D eigenvalue weighted by Gasteiger charge is 2.30. The molecule has 0 fully saturated rings. The third-order valence-electron chi connectivity index (χ3n) is 5.96. The van der Waals surface area contributed by atoms with Gasteiger partial charge in [0.1, 0.15) is 5.82 Å². The molecule has 1 aromatic heterocycles. The number of urea groups is 1. The average molecular weight is 532 g/mol. The van der Waals surface area contributed by atoms with Crippen LogP contribution in [-0.2, 0) is 0 Å². The molecule has 33 heavy (non-hydrogen) atoms. The van der Waals surface area contributed by atoms with Crippen molar-refractivity contribution in [3.8, 4) is 0 Å². The zero-order valence-corrected chi connectivity index (χ0v) is 21.4. The van der Waals surface area contributed by atoms with Crippen LogP contribution in [-0.4, -0.2) is 51.5 Å². The summed E-state index contributed by atoms with van der Waals surface area (Å²) in [5, 5.41) is 7.75. The van der Waals surface area contributed by atoms with Gasteiger partial charge in [0, 0.05) is 36.2 Å². The normalized spacial score (nSPS) is 16.9. The zero-order chi connectivity index (χ0) is 23.6. The second-order valence-corrected chi connectivity index (χ2v) is 9.94. The van der Waals surface area contributed by atoms with Crippen LogP contribution in [0.1, 0.15) is 33.1 Å². The van der Waals surface area contributed by atoms with Crippen LogP contribution in [0.5, 0.6) is 0 Å². The first-order chi connectivity index (χ1) is 15.8. The van der Waals surface area contributed by atoms with E-state index in [0.717, 1.165) is 52.6 Å². The van der Waals surface area contributed by atoms with Gasteiger partial charge in [0.25, 0.3) is 0 Å². The summed E-state index contributed by atoms with van der Waals surface area (Å²) in [6.45, 7) is 5.48. The highest BCUT2D eigenvalue weighted by molar-refractivity contribution is 9.10. The molecule has 0 saturated heterocycles. The van der Waals surface area contributed by atoms with Crippen LogP contribution in [0, 0.1) is 0 Å². The van der Waals surface area contributed by atoms with E-state index in [0.29, 0.717) is 12.4 Å². The van der Waals surface area contributed by atoms with Crippen molar-refractivity contribution in [2.45, 2.75) is 38.6 Å². The summed E-state index contributed by atoms with van der Waals surface area (Å²) in [5.74, 6) is 0.661. The van der Waals surface area contributed by atoms with Gasteiger partial charge in [0.05, 0.1) is 22.4 Å². The Hall–Kier alpha value is -2.58. The number of halogens is 2. The molecule has 1 aromatic carbocycles. The number of likely N-dealkylation sites (N-methyl/N-ethyl adjacent to an activating group) is 1. The van der Waals surface area contributed by atoms with Gasteiger partial charge >= 0.3 is 6.03 Å². The number of aromatic nitrogens is 2. The Labute approximate surface area is 207 Å². The molecule has 9 heteroatoms. The third kappa shape index (κ3) is 5.17. The first-order valence-electron chi connectivity index (χ1n) is 11.1. The van der Waals surface area contributed by atoms with Crippen molar-refractivity contribution in [1.29, 1.82) is 0 Å². The summed E-state index contributed by atoms with van der Waals surface area (Å²) < 4.78 is 0.923. The fourth-order valence-electron chi connectivity index (χ4n) is 4.11. The van der Waals surface area contributed by atoms with Crippen LogP contribution in [0.25, 0.3) is 10.9 Å². The Bertz CT molecular complexity index is 1160. The van der Waals surface area contributed by atoms with E-state index in [-0.39, 0.29) is 11.3 Å². The molecule has 2 aromatic rings. The lowest BCUT2D eigenvalue weighted by molar-refractivity contribution is 0.220. The zero-order valence-electron chi connectivity index (χ0n) is 19.0. The Balaban J connectivity index is 1.53. The Morgan fingerprint density at radius 1 is 1.30 bits per heavy atom. The van der Waals surface area contributed by atoms with Gasteiger partial charge in [-0.1, -0.05) is 35.7 Å². The van der Waals surface area contributed by atoms with Crippen LogP contribution in [0.4, 0.5) is 10.6 Å². The number of rotatable bonds is 7. The van der Waals surface area contributed by atoms with Gasteiger partial charge in [-0.05, 0) is 61.4 Å². The molecule has 174 valence electrons. The molecule has 2 N–H and O–H groups in total. The summed E-state index contributed by atoms with van der Waals surface area (Å²) in [6, 6.07) is 5.68. The first-order valence-corrected chi connectivity index (χ1v) is 12.2. The summed E-state index contributed by atoms with van der Waals surface area (Å²) in [6.07, 6.45) is 10.7. The van der Waals surface area contributed by atoms with Gasteiger partial charge < -0.3 is 15.5 Å². The van der Waals surface area contributed by atoms with Crippen molar-refractivity contribution < 1.29 is 4.79 Å². The molecule has 1 atom stereocenters. The molecule has 2 aliphatic rings. The minimum Gasteiger partial charge on any atom is -0.369 e. The number of carbonyl (C=O) groups excluding carboxylic acids is 1. The molecule has 2 amide bonds. The van der Waals surface area contributed by atoms with Crippen LogP contribution in [0.2, 0.25) is 5.28 Å². The molecule has 0 saturated carbocycles. The van der Waals surface area contributed by atoms with Crippen LogP contribution in [0.3, 0.4) is 0 Å². The fourth-order valence-corrected chi connectivity index (χ4v) is 4.63. The van der Waals surface area contributed by atoms with E-state index in [1.807, 2.05) is 37.4 Å². The Morgan fingerprint density at radius 2 is 2.12 bits per heavy atom. The number of unbranched alkanes of at least 4 members (excludes halogenated alkanes) is 1. The van der Waals surface area contributed by atoms with Gasteiger partial charge in [-0.3, -0.25) is 4.90 Å². The van der Waals surface area contributed by atoms with Gasteiger partial charge in [0.2, 0.25) is 5.28 Å². The van der Waals surface area contributed by atoms with Crippen molar-refractivity contribution in [3.05, 3.63) is 63.8 Å². The van der Waals surface area contributed by atoms with E-state index in [1.165, 1.54) is 0 Å². The van der Waals surface area contributed by atoms with Crippen molar-refractivity contribution >= 4 is 50.3 Å². The number of nitrogens with one attached hydrogen (secondary N) is 2. The van der Waals surface area contributed by atoms with Crippen molar-refractivity contribution in [2.24, 2.45) is 0 Å². The summed E-state index contributed by atoms with van der Waals surface area (Å²) in [4.78, 5) is 25.7. The molecule has 3 heterocycles. The Kier molecular flexibility index (Phi) is 6.95. The molecule has 0 aliphatic carbocycles. The average Bonchev–Trinajstić information content (AvgIpc) is 3.17. The molecular formula is C24H28BrClN6O. The van der Waals surface area contributed by atoms with Gasteiger partial charge in [0.15, 0.2) is 0 Å². The maximum atomic E-state index is 13.1. The summed E-state index contributed by atoms with van der Waals surface area (Å²) >= 11 is 9.71. The standard InChI is InChI=1S/C24H28BrClN6O/c1-4-5-11-24(2,30-21-17-9-8-16(25)14-18(17)28-22(26)29-21)15-27-23(33)32-12-6-7-19-20(32)10-13-31(19)3/h6-10,12,14H,4-5,11,13,15H2,1-3H3,(H,27,33)(H,28,29,30)/t24-/m1/s1. The van der Waals surface area contributed by atoms with Crippen molar-refractivity contribution in [2.75, 3.05) is 25.5 Å². The van der Waals surface area contributed by atoms with Crippen LogP contribution < -0.4 is 10.6 Å². The maximum absolute atomic E-state index is 13.1. The molecule has 0 spiro atoms. The van der Waals surface area contributed by atoms with E-state index in [2.05, 4.69) is 61.4 Å². The predicted molar refractivity (Wildman–Crippen MR) is 137 cm³/mol. The second-order valence-electron chi connectivity index (χ2n) is 8.68. The monoisotopic (exact) mass is 530 g/mol. The van der Waals surface area contributed by atoms with E-state index < -0.39 is 5.54 Å². The number of amides is 2. The second kappa shape index (κ2) is 9.73. The minimum absolute atomic E-state index is 0.155. The number of hydrogen-bond donors (Lipinski definition) is 2. The van der Waals surface area contributed by atoms with Crippen molar-refractivity contribution in [1.82, 2.24) is 25.1 Å². The van der Waals surface area contributed by atoms with E-state index >= 15 is 0 Å². The Morgan fingerprint density at radius 3 is 2.91 bits per heavy atom. The number of benzene rings is 1. The van der Waals surface area contributed by atoms with Gasteiger partial charge in [-0.2, -0.15) is 0 Å². The van der Waals surface area contributed by atoms with E-state index in [4.69, 9.17) is 11.6 Å². The summed E-state index contributed by atoms with van der Waals surface area (Å²) in [7, 11) is 2.02. The lowest BCUT2D eigenvalue weighted by Gasteiger charge is -2.33.